The molecule has 3 aromatic rings. The van der Waals surface area contributed by atoms with Crippen molar-refractivity contribution < 1.29 is 138 Å². The molecule has 0 bridgehead atoms. The third-order valence-corrected chi connectivity index (χ3v) is 27.8. The van der Waals surface area contributed by atoms with E-state index < -0.39 is 200 Å². The molecule has 0 radical (unpaired) electrons. The van der Waals surface area contributed by atoms with Crippen molar-refractivity contribution in [2.45, 2.75) is 392 Å². The van der Waals surface area contributed by atoms with Crippen molar-refractivity contribution in [2.24, 2.45) is 70.6 Å². The van der Waals surface area contributed by atoms with Gasteiger partial charge in [-0.15, -0.1) is 0 Å². The lowest BCUT2D eigenvalue weighted by Gasteiger charge is -2.46. The zero-order chi connectivity index (χ0) is 99.7. The standard InChI is InChI=1S/C37H65NO15.C34H35N3O5.C23H49NO5.C8H8O3.CH4/c1-5-7-10-23(4)37(53-36(51)20-25(17-33(46)47)18-34(48)49)30(52-35(50)19-24(15-31(42)43)16-32(44)45)14-22(3)13-26(39)11-8-9-12-27(40)21-29(41)28(38)6-2;1-33(36-31(39)21-13-12-20-16-22-18-35-26-10-5-9-23(28(22)26)24(20)17-21)30(38)29-25(15-19-7-3-2-4-8-19)32(40)37-14-6-11-27(37)34(29,41)42-33;1-5-7-10-17(4)23(29)22(28)14-16(3)13-18(25)11-8-9-12-19(26)15-21(27)20(24)6-2;1-5-6-4-8(9)11-7(6)2-3-10-5;/h22-30,37,39-41H,5-21,38H2,1-4H3,(H,42,43)(H,44,45)(H,46,47)(H,48,49);2-5,7-10,17-18,20-21,25,27,29,35,41H,6,11-16H2,1H3,(H,36,39);16-23,25-29H,5-15,24H2,1-4H3;2,4-5H,3H2,1H3;1H4/t;20-,21+,25-,27?,29?,33-,34+;;;/m.1.../s1. The summed E-state index contributed by atoms with van der Waals surface area (Å²) in [6.07, 6.45) is 13.4. The van der Waals surface area contributed by atoms with Gasteiger partial charge in [-0.3, -0.25) is 43.2 Å². The normalized spacial score (nSPS) is 23.8. The number of piperidine rings is 1. The van der Waals surface area contributed by atoms with Gasteiger partial charge in [-0.2, -0.15) is 0 Å². The van der Waals surface area contributed by atoms with E-state index in [1.54, 1.807) is 31.7 Å². The highest BCUT2D eigenvalue weighted by atomic mass is 16.7. The average molecular weight is 1920 g/mol. The number of fused-ring (bicyclic) bond motifs is 6. The maximum Gasteiger partial charge on any atom is 0.336 e. The maximum atomic E-state index is 14.2. The second-order valence-corrected chi connectivity index (χ2v) is 39.4. The number of H-pyrrole nitrogens is 1. The van der Waals surface area contributed by atoms with Crippen molar-refractivity contribution in [3.8, 4) is 0 Å². The fraction of sp³-hybridized carbons (Fsp3) is 0.709. The van der Waals surface area contributed by atoms with E-state index in [-0.39, 0.29) is 74.4 Å². The molecule has 136 heavy (non-hydrogen) atoms. The monoisotopic (exact) mass is 1920 g/mol. The summed E-state index contributed by atoms with van der Waals surface area (Å²) < 4.78 is 28.1. The summed E-state index contributed by atoms with van der Waals surface area (Å²) in [4.78, 5) is 129. The molecule has 0 saturated carbocycles. The van der Waals surface area contributed by atoms with Crippen LogP contribution in [0, 0.1) is 59.2 Å². The Labute approximate surface area is 801 Å². The molecule has 5 aliphatic heterocycles. The number of amides is 2. The smallest absolute Gasteiger partial charge is 0.336 e. The van der Waals surface area contributed by atoms with Crippen LogP contribution in [0.2, 0.25) is 0 Å². The summed E-state index contributed by atoms with van der Waals surface area (Å²) in [6, 6.07) is 14.5. The molecule has 10 rings (SSSR count). The van der Waals surface area contributed by atoms with Crippen molar-refractivity contribution in [3.63, 3.8) is 0 Å². The number of aromatic amines is 1. The highest BCUT2D eigenvalue weighted by Gasteiger charge is 2.71. The number of ether oxygens (including phenoxy) is 5. The van der Waals surface area contributed by atoms with E-state index in [0.717, 1.165) is 74.4 Å². The second kappa shape index (κ2) is 56.7. The molecule has 19 N–H and O–H groups in total. The van der Waals surface area contributed by atoms with Crippen LogP contribution in [0.15, 0.2) is 84.3 Å². The number of carbonyl (C=O) groups excluding carboxylic acids is 6. The number of nitrogens with zero attached hydrogens (tertiary/aromatic N) is 1. The summed E-state index contributed by atoms with van der Waals surface area (Å²) in [5, 5.41) is 135. The molecular weight excluding hydrogens is 1760 g/mol. The van der Waals surface area contributed by atoms with Crippen LogP contribution in [0.4, 0.5) is 0 Å². The zero-order valence-corrected chi connectivity index (χ0v) is 80.8. The molecule has 2 aliphatic carbocycles. The lowest BCUT2D eigenvalue weighted by molar-refractivity contribution is -0.281. The number of aliphatic carboxylic acids is 4. The first-order chi connectivity index (χ1) is 63.9. The number of hydrogen-bond donors (Lipinski definition) is 17. The number of aliphatic hydroxyl groups excluding tert-OH is 8. The van der Waals surface area contributed by atoms with Crippen molar-refractivity contribution in [3.05, 3.63) is 101 Å². The number of aromatic nitrogens is 1. The lowest BCUT2D eigenvalue weighted by atomic mass is 9.71. The zero-order valence-electron chi connectivity index (χ0n) is 80.8. The van der Waals surface area contributed by atoms with Gasteiger partial charge in [0.05, 0.1) is 85.3 Å². The van der Waals surface area contributed by atoms with Gasteiger partial charge in [0.2, 0.25) is 17.5 Å². The molecule has 0 spiro atoms. The summed E-state index contributed by atoms with van der Waals surface area (Å²) in [6.45, 7) is 19.9. The molecule has 7 aliphatic rings. The number of ketones is 1. The number of Topliss-reactive ketones (excluding diaryl/α,β-unsaturated/α-hetero) is 1. The Kier molecular flexibility index (Phi) is 48.5. The summed E-state index contributed by atoms with van der Waals surface area (Å²) in [5.74, 6) is -13.9. The number of aliphatic hydroxyl groups is 9. The van der Waals surface area contributed by atoms with Gasteiger partial charge in [-0.05, 0) is 205 Å². The SMILES string of the molecule is C.CC1OCC=C2OC(=O)C=C21.CCCCC(C)C(O)C(O)CC(C)CC(O)CCCCC(O)CC(O)C(N)CC.CCCCC(C)C(OC(=O)CC(CC(=O)O)CC(=O)O)C(CC(C)CC(O)CCCCC(O)CC(O)C(N)CC)OC(=O)CC(CC(=O)O)CC(=O)O.C[C@@]1(NC(=O)[C@@H]2C=C3c4cccc5[nH]cc(c45)C[C@H]3CC2)O[C@]2(O)C(C1=O)[C@@H](Cc1ccccc1)C(=O)N1CCCC12. The molecule has 1 aromatic heterocycles. The van der Waals surface area contributed by atoms with E-state index in [2.05, 4.69) is 41.6 Å². The molecule has 2 amide bonds. The predicted molar refractivity (Wildman–Crippen MR) is 510 cm³/mol. The topological polar surface area (TPSA) is 563 Å². The van der Waals surface area contributed by atoms with Crippen LogP contribution in [0.1, 0.15) is 299 Å². The predicted octanol–water partition coefficient (Wildman–Crippen LogP) is 11.6. The van der Waals surface area contributed by atoms with Crippen LogP contribution >= 0.6 is 0 Å². The summed E-state index contributed by atoms with van der Waals surface area (Å²) in [7, 11) is 0. The molecular formula is C103H161N5O28. The Morgan fingerprint density at radius 2 is 1.13 bits per heavy atom. The number of rotatable bonds is 54. The highest BCUT2D eigenvalue weighted by molar-refractivity contribution is 6.02. The van der Waals surface area contributed by atoms with E-state index >= 15 is 0 Å². The van der Waals surface area contributed by atoms with Crippen molar-refractivity contribution >= 4 is 75.9 Å². The van der Waals surface area contributed by atoms with Gasteiger partial charge < -0.3 is 117 Å². The Balaban J connectivity index is 0.000000303. The largest absolute Gasteiger partial charge is 0.481 e. The van der Waals surface area contributed by atoms with Gasteiger partial charge in [0, 0.05) is 98.7 Å². The molecule has 766 valence electrons. The fourth-order valence-corrected chi connectivity index (χ4v) is 20.2. The number of carbonyl (C=O) groups is 10. The Morgan fingerprint density at radius 3 is 1.65 bits per heavy atom. The van der Waals surface area contributed by atoms with Crippen LogP contribution in [0.25, 0.3) is 16.5 Å². The van der Waals surface area contributed by atoms with Crippen LogP contribution in [0.3, 0.4) is 0 Å². The van der Waals surface area contributed by atoms with E-state index in [1.165, 1.54) is 28.2 Å². The number of carboxylic acids is 4. The van der Waals surface area contributed by atoms with E-state index in [4.69, 9.17) is 35.2 Å². The van der Waals surface area contributed by atoms with Crippen LogP contribution in [0.5, 0.6) is 0 Å². The minimum atomic E-state index is -1.86. The molecule has 3 saturated heterocycles. The highest BCUT2D eigenvalue weighted by Crippen LogP contribution is 2.53. The van der Waals surface area contributed by atoms with Gasteiger partial charge >= 0.3 is 41.8 Å². The molecule has 2 aromatic carbocycles. The minimum Gasteiger partial charge on any atom is -0.481 e. The third-order valence-electron chi connectivity index (χ3n) is 27.8. The van der Waals surface area contributed by atoms with E-state index in [1.807, 2.05) is 77.9 Å². The molecule has 3 fully saturated rings. The number of hydrogen-bond acceptors (Lipinski definition) is 26. The molecule has 19 unspecified atom stereocenters. The van der Waals surface area contributed by atoms with E-state index in [0.29, 0.717) is 128 Å². The average Bonchev–Trinajstić information content (AvgIpc) is 1.54. The number of carboxylic acid groups (broad SMARTS) is 4. The Hall–Kier alpha value is -8.42. The molecule has 33 nitrogen and oxygen atoms in total. The van der Waals surface area contributed by atoms with Gasteiger partial charge in [0.15, 0.2) is 11.6 Å². The number of nitrogens with one attached hydrogen (secondary N) is 2. The van der Waals surface area contributed by atoms with Crippen molar-refractivity contribution in [1.29, 1.82) is 0 Å². The quantitative estimate of drug-likeness (QED) is 0.0142. The van der Waals surface area contributed by atoms with Crippen LogP contribution in [-0.4, -0.2) is 246 Å². The Bertz CT molecular complexity index is 4350. The van der Waals surface area contributed by atoms with Gasteiger partial charge in [0.25, 0.3) is 0 Å². The first-order valence-electron chi connectivity index (χ1n) is 49.3. The van der Waals surface area contributed by atoms with Gasteiger partial charge in [0.1, 0.15) is 18.0 Å². The van der Waals surface area contributed by atoms with Crippen LogP contribution < -0.4 is 16.8 Å². The first kappa shape index (κ1) is 116. The third kappa shape index (κ3) is 35.4. The Morgan fingerprint density at radius 1 is 0.610 bits per heavy atom. The van der Waals surface area contributed by atoms with Crippen molar-refractivity contribution in [1.82, 2.24) is 15.2 Å². The second-order valence-electron chi connectivity index (χ2n) is 39.4. The number of esters is 3. The number of allylic oxidation sites excluding steroid dienone is 1. The van der Waals surface area contributed by atoms with Crippen LogP contribution in [-0.2, 0) is 84.5 Å². The maximum absolute atomic E-state index is 14.2. The van der Waals surface area contributed by atoms with Crippen molar-refractivity contribution in [2.75, 3.05) is 13.2 Å². The summed E-state index contributed by atoms with van der Waals surface area (Å²) >= 11 is 0. The fourth-order valence-electron chi connectivity index (χ4n) is 20.2. The molecule has 6 heterocycles. The lowest BCUT2D eigenvalue weighted by Crippen LogP contribution is -2.64. The molecule has 24 atom stereocenters. The number of unbranched alkanes of at least 4 members (excludes halogenated alkanes) is 4. The molecule has 33 heteroatoms. The van der Waals surface area contributed by atoms with E-state index in [9.17, 15) is 114 Å². The van der Waals surface area contributed by atoms with Gasteiger partial charge in [-0.25, -0.2) is 4.79 Å². The number of nitrogens with two attached hydrogens (primary N) is 2. The number of benzene rings is 2. The van der Waals surface area contributed by atoms with Gasteiger partial charge in [-0.1, -0.05) is 163 Å². The first-order valence-corrected chi connectivity index (χ1v) is 49.3. The summed E-state index contributed by atoms with van der Waals surface area (Å²) in [5.41, 5.74) is 16.4. The minimum absolute atomic E-state index is 0.